The number of benzene rings is 2. The lowest BCUT2D eigenvalue weighted by Crippen LogP contribution is -2.29. The molecule has 3 heterocycles. The molecular formula is C33H38N4O3. The number of carboxylic acids is 1. The van der Waals surface area contributed by atoms with Gasteiger partial charge in [0.1, 0.15) is 18.2 Å². The Balaban J connectivity index is 1.36. The molecule has 2 aromatic heterocycles. The van der Waals surface area contributed by atoms with E-state index in [-0.39, 0.29) is 5.92 Å². The third-order valence-electron chi connectivity index (χ3n) is 8.50. The average Bonchev–Trinajstić information content (AvgIpc) is 3.34. The molecule has 2 fully saturated rings. The van der Waals surface area contributed by atoms with E-state index >= 15 is 0 Å². The van der Waals surface area contributed by atoms with Crippen molar-refractivity contribution in [3.63, 3.8) is 0 Å². The molecule has 7 nitrogen and oxygen atoms in total. The molecule has 208 valence electrons. The fraction of sp³-hybridized carbons (Fsp3) is 0.424. The molecule has 2 atom stereocenters. The van der Waals surface area contributed by atoms with Crippen LogP contribution in [0.4, 0.5) is 5.69 Å². The summed E-state index contributed by atoms with van der Waals surface area (Å²) >= 11 is 0. The monoisotopic (exact) mass is 538 g/mol. The van der Waals surface area contributed by atoms with E-state index < -0.39 is 11.9 Å². The van der Waals surface area contributed by atoms with Crippen LogP contribution in [-0.2, 0) is 17.9 Å². The minimum Gasteiger partial charge on any atom is -0.487 e. The first-order valence-corrected chi connectivity index (χ1v) is 14.7. The predicted molar refractivity (Wildman–Crippen MR) is 157 cm³/mol. The topological polar surface area (TPSA) is 80.5 Å². The fourth-order valence-corrected chi connectivity index (χ4v) is 6.32. The number of rotatable bonds is 8. The van der Waals surface area contributed by atoms with Gasteiger partial charge >= 0.3 is 5.97 Å². The second-order valence-electron chi connectivity index (χ2n) is 11.4. The quantitative estimate of drug-likeness (QED) is 0.268. The van der Waals surface area contributed by atoms with Crippen LogP contribution in [-0.4, -0.2) is 38.7 Å². The van der Waals surface area contributed by atoms with E-state index in [9.17, 15) is 9.90 Å². The molecule has 4 aromatic rings. The molecule has 0 unspecified atom stereocenters. The number of imidazole rings is 1. The molecule has 2 aromatic carbocycles. The van der Waals surface area contributed by atoms with Crippen LogP contribution in [0.1, 0.15) is 73.5 Å². The van der Waals surface area contributed by atoms with Crippen LogP contribution in [0.25, 0.3) is 11.0 Å². The third kappa shape index (κ3) is 5.69. The number of anilines is 1. The van der Waals surface area contributed by atoms with Crippen molar-refractivity contribution in [1.29, 1.82) is 0 Å². The zero-order valence-corrected chi connectivity index (χ0v) is 23.3. The van der Waals surface area contributed by atoms with Gasteiger partial charge in [0.05, 0.1) is 22.6 Å². The predicted octanol–water partition coefficient (Wildman–Crippen LogP) is 6.72. The van der Waals surface area contributed by atoms with Crippen LogP contribution < -0.4 is 9.64 Å². The fourth-order valence-electron chi connectivity index (χ4n) is 6.32. The van der Waals surface area contributed by atoms with E-state index in [1.165, 1.54) is 30.5 Å². The molecule has 1 saturated carbocycles. The molecule has 1 aliphatic carbocycles. The highest BCUT2D eigenvalue weighted by Crippen LogP contribution is 2.39. The summed E-state index contributed by atoms with van der Waals surface area (Å²) in [5.74, 6) is 0.397. The van der Waals surface area contributed by atoms with E-state index in [0.717, 1.165) is 66.2 Å². The first kappa shape index (κ1) is 26.4. The van der Waals surface area contributed by atoms with E-state index in [4.69, 9.17) is 9.72 Å². The summed E-state index contributed by atoms with van der Waals surface area (Å²) in [6.45, 7) is 5.24. The molecule has 0 bridgehead atoms. The van der Waals surface area contributed by atoms with Gasteiger partial charge in [-0.3, -0.25) is 9.78 Å². The molecule has 1 N–H and O–H groups in total. The zero-order valence-electron chi connectivity index (χ0n) is 23.3. The summed E-state index contributed by atoms with van der Waals surface area (Å²) in [6, 6.07) is 18.8. The first-order valence-electron chi connectivity index (χ1n) is 14.7. The van der Waals surface area contributed by atoms with Crippen molar-refractivity contribution in [3.8, 4) is 5.75 Å². The standard InChI is InChI=1S/C33H38N4O3/c1-23-12-13-25(34-20-23)22-40-27-14-15-30-31(19-27)37(32(35-30)28-10-3-4-11-29(28)33(38)39)21-24-8-7-9-26(18-24)36-16-5-2-6-17-36/h7-9,12-15,18-20,28-29H,2-6,10-11,16-17,21-22H2,1H3,(H,38,39)/t28-,29-/m0/s1. The molecule has 1 aliphatic heterocycles. The Hall–Kier alpha value is -3.87. The molecule has 6 rings (SSSR count). The lowest BCUT2D eigenvalue weighted by atomic mass is 9.78. The lowest BCUT2D eigenvalue weighted by Gasteiger charge is -2.30. The van der Waals surface area contributed by atoms with Gasteiger partial charge in [-0.15, -0.1) is 0 Å². The number of aryl methyl sites for hydroxylation is 1. The van der Waals surface area contributed by atoms with Gasteiger partial charge in [0.2, 0.25) is 0 Å². The van der Waals surface area contributed by atoms with Crippen LogP contribution in [0.15, 0.2) is 60.8 Å². The molecule has 40 heavy (non-hydrogen) atoms. The Kier molecular flexibility index (Phi) is 7.71. The van der Waals surface area contributed by atoms with Crippen LogP contribution in [0, 0.1) is 12.8 Å². The number of hydrogen-bond acceptors (Lipinski definition) is 5. The SMILES string of the molecule is Cc1ccc(COc2ccc3nc([C@H]4CCCC[C@@H]4C(=O)O)n(Cc4cccc(N5CCCCC5)c4)c3c2)nc1. The summed E-state index contributed by atoms with van der Waals surface area (Å²) in [6.07, 6.45) is 9.15. The maximum Gasteiger partial charge on any atom is 0.307 e. The van der Waals surface area contributed by atoms with Crippen molar-refractivity contribution in [3.05, 3.63) is 83.4 Å². The van der Waals surface area contributed by atoms with Crippen molar-refractivity contribution in [2.45, 2.75) is 70.9 Å². The van der Waals surface area contributed by atoms with E-state index in [1.807, 2.05) is 43.5 Å². The van der Waals surface area contributed by atoms with Crippen LogP contribution in [0.5, 0.6) is 5.75 Å². The molecule has 0 spiro atoms. The molecule has 0 radical (unpaired) electrons. The van der Waals surface area contributed by atoms with Gasteiger partial charge in [0, 0.05) is 43.5 Å². The Morgan fingerprint density at radius 2 is 1.85 bits per heavy atom. The highest BCUT2D eigenvalue weighted by molar-refractivity contribution is 5.79. The lowest BCUT2D eigenvalue weighted by molar-refractivity contribution is -0.143. The van der Waals surface area contributed by atoms with Crippen molar-refractivity contribution in [2.24, 2.45) is 5.92 Å². The minimum atomic E-state index is -0.718. The number of fused-ring (bicyclic) bond motifs is 1. The summed E-state index contributed by atoms with van der Waals surface area (Å²) in [5, 5.41) is 10.1. The smallest absolute Gasteiger partial charge is 0.307 e. The number of pyridine rings is 1. The normalized spacial score (nSPS) is 19.6. The van der Waals surface area contributed by atoms with Gasteiger partial charge in [0.25, 0.3) is 0 Å². The summed E-state index contributed by atoms with van der Waals surface area (Å²) in [4.78, 5) is 24.3. The Morgan fingerprint density at radius 1 is 1.00 bits per heavy atom. The molecular weight excluding hydrogens is 500 g/mol. The minimum absolute atomic E-state index is 0.106. The Bertz CT molecular complexity index is 1470. The average molecular weight is 539 g/mol. The Labute approximate surface area is 235 Å². The largest absolute Gasteiger partial charge is 0.487 e. The zero-order chi connectivity index (χ0) is 27.5. The van der Waals surface area contributed by atoms with Crippen LogP contribution in [0.2, 0.25) is 0 Å². The molecule has 0 amide bonds. The molecule has 2 aliphatic rings. The van der Waals surface area contributed by atoms with Gasteiger partial charge in [-0.25, -0.2) is 4.98 Å². The van der Waals surface area contributed by atoms with Crippen molar-refractivity contribution in [2.75, 3.05) is 18.0 Å². The number of aliphatic carboxylic acids is 1. The number of carboxylic acid groups (broad SMARTS) is 1. The van der Waals surface area contributed by atoms with Crippen molar-refractivity contribution in [1.82, 2.24) is 14.5 Å². The number of piperidine rings is 1. The number of ether oxygens (including phenoxy) is 1. The molecule has 1 saturated heterocycles. The second-order valence-corrected chi connectivity index (χ2v) is 11.4. The van der Waals surface area contributed by atoms with Gasteiger partial charge in [-0.05, 0) is 80.5 Å². The van der Waals surface area contributed by atoms with Gasteiger partial charge in [0.15, 0.2) is 0 Å². The van der Waals surface area contributed by atoms with E-state index in [0.29, 0.717) is 19.6 Å². The third-order valence-corrected chi connectivity index (χ3v) is 8.50. The van der Waals surface area contributed by atoms with Gasteiger partial charge < -0.3 is 19.3 Å². The van der Waals surface area contributed by atoms with Crippen molar-refractivity contribution >= 4 is 22.7 Å². The number of aromatic nitrogens is 3. The van der Waals surface area contributed by atoms with Crippen LogP contribution in [0.3, 0.4) is 0 Å². The van der Waals surface area contributed by atoms with Gasteiger partial charge in [-0.1, -0.05) is 31.0 Å². The maximum absolute atomic E-state index is 12.3. The highest BCUT2D eigenvalue weighted by Gasteiger charge is 2.35. The number of hydrogen-bond donors (Lipinski definition) is 1. The summed E-state index contributed by atoms with van der Waals surface area (Å²) < 4.78 is 8.40. The molecule has 7 heteroatoms. The highest BCUT2D eigenvalue weighted by atomic mass is 16.5. The van der Waals surface area contributed by atoms with Gasteiger partial charge in [-0.2, -0.15) is 0 Å². The number of nitrogens with zero attached hydrogens (tertiary/aromatic N) is 4. The maximum atomic E-state index is 12.3. The van der Waals surface area contributed by atoms with Crippen LogP contribution >= 0.6 is 0 Å². The summed E-state index contributed by atoms with van der Waals surface area (Å²) in [5.41, 5.74) is 6.30. The van der Waals surface area contributed by atoms with E-state index in [1.54, 1.807) is 0 Å². The summed E-state index contributed by atoms with van der Waals surface area (Å²) in [7, 11) is 0. The van der Waals surface area contributed by atoms with E-state index in [2.05, 4.69) is 38.7 Å². The second kappa shape index (κ2) is 11.7. The number of carbonyl (C=O) groups is 1. The first-order chi connectivity index (χ1) is 19.5. The van der Waals surface area contributed by atoms with Crippen molar-refractivity contribution < 1.29 is 14.6 Å². The Morgan fingerprint density at radius 3 is 2.65 bits per heavy atom.